The maximum Gasteiger partial charge on any atom is 0.338 e. The summed E-state index contributed by atoms with van der Waals surface area (Å²) < 4.78 is 22.7. The third-order valence-electron chi connectivity index (χ3n) is 4.18. The maximum absolute atomic E-state index is 12.0. The predicted molar refractivity (Wildman–Crippen MR) is 84.9 cm³/mol. The van der Waals surface area contributed by atoms with Crippen LogP contribution in [0.4, 0.5) is 0 Å². The van der Waals surface area contributed by atoms with Crippen molar-refractivity contribution in [3.05, 3.63) is 71.8 Å². The Morgan fingerprint density at radius 3 is 2.38 bits per heavy atom. The third kappa shape index (κ3) is 3.06. The molecule has 2 saturated heterocycles. The molecule has 0 radical (unpaired) electrons. The van der Waals surface area contributed by atoms with E-state index in [2.05, 4.69) is 0 Å². The van der Waals surface area contributed by atoms with Crippen LogP contribution in [-0.2, 0) is 30.3 Å². The second kappa shape index (κ2) is 6.73. The highest BCUT2D eigenvalue weighted by Crippen LogP contribution is 2.37. The average molecular weight is 326 g/mol. The van der Waals surface area contributed by atoms with Crippen molar-refractivity contribution in [1.82, 2.24) is 0 Å². The van der Waals surface area contributed by atoms with E-state index in [0.29, 0.717) is 6.61 Å². The van der Waals surface area contributed by atoms with Gasteiger partial charge in [0.2, 0.25) is 0 Å². The van der Waals surface area contributed by atoms with Gasteiger partial charge in [0.05, 0.1) is 13.2 Å². The van der Waals surface area contributed by atoms with Gasteiger partial charge < -0.3 is 18.9 Å². The smallest absolute Gasteiger partial charge is 0.338 e. The van der Waals surface area contributed by atoms with Gasteiger partial charge in [0.25, 0.3) is 0 Å². The number of fused-ring (bicyclic) bond motifs is 1. The van der Waals surface area contributed by atoms with E-state index in [1.54, 1.807) is 0 Å². The van der Waals surface area contributed by atoms with Gasteiger partial charge in [-0.3, -0.25) is 0 Å². The molecule has 0 saturated carbocycles. The summed E-state index contributed by atoms with van der Waals surface area (Å²) in [5, 5.41) is 0. The summed E-state index contributed by atoms with van der Waals surface area (Å²) in [5.74, 6) is -0.383. The van der Waals surface area contributed by atoms with Crippen LogP contribution in [0.25, 0.3) is 0 Å². The van der Waals surface area contributed by atoms with Crippen molar-refractivity contribution in [2.45, 2.75) is 31.2 Å². The van der Waals surface area contributed by atoms with Crippen molar-refractivity contribution in [3.63, 3.8) is 0 Å². The van der Waals surface area contributed by atoms with Crippen LogP contribution in [0.3, 0.4) is 0 Å². The SMILES string of the molecule is O=C1OC(COCc2ccccc2)[C@H]2OC(c3ccccc3)O[C@@H]12. The van der Waals surface area contributed by atoms with E-state index >= 15 is 0 Å². The zero-order valence-corrected chi connectivity index (χ0v) is 13.0. The van der Waals surface area contributed by atoms with E-state index in [1.807, 2.05) is 60.7 Å². The summed E-state index contributed by atoms with van der Waals surface area (Å²) in [4.78, 5) is 12.0. The molecule has 0 amide bonds. The molecule has 124 valence electrons. The normalized spacial score (nSPS) is 28.6. The molecular formula is C19H18O5. The topological polar surface area (TPSA) is 54.0 Å². The van der Waals surface area contributed by atoms with Crippen LogP contribution >= 0.6 is 0 Å². The van der Waals surface area contributed by atoms with Crippen LogP contribution in [0.15, 0.2) is 60.7 Å². The third-order valence-corrected chi connectivity index (χ3v) is 4.18. The molecule has 2 aliphatic heterocycles. The van der Waals surface area contributed by atoms with Gasteiger partial charge in [0, 0.05) is 5.56 Å². The Morgan fingerprint density at radius 1 is 0.917 bits per heavy atom. The number of carbonyl (C=O) groups is 1. The number of hydrogen-bond acceptors (Lipinski definition) is 5. The first-order chi connectivity index (χ1) is 11.8. The van der Waals surface area contributed by atoms with Crippen molar-refractivity contribution in [3.8, 4) is 0 Å². The molecular weight excluding hydrogens is 308 g/mol. The highest BCUT2D eigenvalue weighted by Gasteiger charge is 2.53. The zero-order chi connectivity index (χ0) is 16.4. The standard InChI is InChI=1S/C19H18O5/c20-18-17-16(23-19(24-17)14-9-5-2-6-10-14)15(22-18)12-21-11-13-7-3-1-4-8-13/h1-10,15-17,19H,11-12H2/t15?,16-,17-,19?/m1/s1. The van der Waals surface area contributed by atoms with E-state index in [-0.39, 0.29) is 12.6 Å². The molecule has 0 aromatic heterocycles. The van der Waals surface area contributed by atoms with Gasteiger partial charge in [-0.15, -0.1) is 0 Å². The summed E-state index contributed by atoms with van der Waals surface area (Å²) in [6.07, 6.45) is -2.09. The monoisotopic (exact) mass is 326 g/mol. The van der Waals surface area contributed by atoms with Crippen molar-refractivity contribution in [1.29, 1.82) is 0 Å². The molecule has 2 unspecified atom stereocenters. The van der Waals surface area contributed by atoms with Gasteiger partial charge in [0.15, 0.2) is 18.5 Å². The Morgan fingerprint density at radius 2 is 1.62 bits per heavy atom. The fraction of sp³-hybridized carbons (Fsp3) is 0.316. The zero-order valence-electron chi connectivity index (χ0n) is 13.0. The molecule has 2 aliphatic rings. The molecule has 0 N–H and O–H groups in total. The molecule has 2 heterocycles. The van der Waals surface area contributed by atoms with Gasteiger partial charge in [-0.1, -0.05) is 60.7 Å². The molecule has 4 atom stereocenters. The molecule has 2 fully saturated rings. The molecule has 0 aliphatic carbocycles. The molecule has 24 heavy (non-hydrogen) atoms. The Balaban J connectivity index is 1.36. The van der Waals surface area contributed by atoms with Gasteiger partial charge in [-0.25, -0.2) is 4.79 Å². The summed E-state index contributed by atoms with van der Waals surface area (Å²) in [6.45, 7) is 0.752. The largest absolute Gasteiger partial charge is 0.455 e. The van der Waals surface area contributed by atoms with E-state index in [1.165, 1.54) is 0 Å². The lowest BCUT2D eigenvalue weighted by atomic mass is 10.1. The van der Waals surface area contributed by atoms with Gasteiger partial charge in [0.1, 0.15) is 6.10 Å². The fourth-order valence-corrected chi connectivity index (χ4v) is 2.98. The van der Waals surface area contributed by atoms with Crippen LogP contribution in [0.5, 0.6) is 0 Å². The van der Waals surface area contributed by atoms with Crippen molar-refractivity contribution < 1.29 is 23.7 Å². The van der Waals surface area contributed by atoms with Crippen molar-refractivity contribution >= 4 is 5.97 Å². The summed E-state index contributed by atoms with van der Waals surface area (Å²) >= 11 is 0. The Labute approximate surface area is 140 Å². The summed E-state index contributed by atoms with van der Waals surface area (Å²) in [5.41, 5.74) is 1.97. The number of ether oxygens (including phenoxy) is 4. The highest BCUT2D eigenvalue weighted by molar-refractivity contribution is 5.78. The molecule has 0 spiro atoms. The van der Waals surface area contributed by atoms with E-state index in [0.717, 1.165) is 11.1 Å². The second-order valence-electron chi connectivity index (χ2n) is 5.88. The summed E-state index contributed by atoms with van der Waals surface area (Å²) in [6, 6.07) is 19.4. The number of hydrogen-bond donors (Lipinski definition) is 0. The molecule has 4 rings (SSSR count). The lowest BCUT2D eigenvalue weighted by Crippen LogP contribution is -2.31. The lowest BCUT2D eigenvalue weighted by Gasteiger charge is -2.17. The molecule has 5 heteroatoms. The first-order valence-electron chi connectivity index (χ1n) is 7.99. The first-order valence-corrected chi connectivity index (χ1v) is 7.99. The minimum atomic E-state index is -0.680. The van der Waals surface area contributed by atoms with Gasteiger partial charge in [-0.2, -0.15) is 0 Å². The minimum absolute atomic E-state index is 0.284. The van der Waals surface area contributed by atoms with Crippen molar-refractivity contribution in [2.75, 3.05) is 6.61 Å². The van der Waals surface area contributed by atoms with E-state index in [9.17, 15) is 4.79 Å². The fourth-order valence-electron chi connectivity index (χ4n) is 2.98. The van der Waals surface area contributed by atoms with Crippen molar-refractivity contribution in [2.24, 2.45) is 0 Å². The second-order valence-corrected chi connectivity index (χ2v) is 5.88. The molecule has 2 aromatic carbocycles. The maximum atomic E-state index is 12.0. The van der Waals surface area contributed by atoms with Crippen LogP contribution in [0, 0.1) is 0 Å². The lowest BCUT2D eigenvalue weighted by molar-refractivity contribution is -0.166. The number of rotatable bonds is 5. The highest BCUT2D eigenvalue weighted by atomic mass is 16.8. The Hall–Kier alpha value is -2.21. The van der Waals surface area contributed by atoms with Crippen LogP contribution in [-0.4, -0.2) is 30.9 Å². The number of esters is 1. The molecule has 0 bridgehead atoms. The average Bonchev–Trinajstić information content (AvgIpc) is 3.18. The minimum Gasteiger partial charge on any atom is -0.455 e. The predicted octanol–water partition coefficient (Wildman–Crippen LogP) is 2.61. The van der Waals surface area contributed by atoms with Gasteiger partial charge in [-0.05, 0) is 5.56 Å². The number of cyclic esters (lactones) is 1. The Bertz CT molecular complexity index is 687. The number of benzene rings is 2. The van der Waals surface area contributed by atoms with E-state index < -0.39 is 24.6 Å². The first kappa shape index (κ1) is 15.3. The molecule has 5 nitrogen and oxygen atoms in total. The summed E-state index contributed by atoms with van der Waals surface area (Å²) in [7, 11) is 0. The Kier molecular flexibility index (Phi) is 4.30. The van der Waals surface area contributed by atoms with Crippen LogP contribution < -0.4 is 0 Å². The van der Waals surface area contributed by atoms with Crippen LogP contribution in [0.2, 0.25) is 0 Å². The number of carbonyl (C=O) groups excluding carboxylic acids is 1. The molecule has 2 aromatic rings. The van der Waals surface area contributed by atoms with Gasteiger partial charge >= 0.3 is 5.97 Å². The van der Waals surface area contributed by atoms with E-state index in [4.69, 9.17) is 18.9 Å². The quantitative estimate of drug-likeness (QED) is 0.791. The van der Waals surface area contributed by atoms with Crippen LogP contribution in [0.1, 0.15) is 17.4 Å².